The van der Waals surface area contributed by atoms with Gasteiger partial charge in [-0.2, -0.15) is 0 Å². The van der Waals surface area contributed by atoms with E-state index in [1.54, 1.807) is 7.11 Å². The first kappa shape index (κ1) is 15.3. The van der Waals surface area contributed by atoms with Crippen LogP contribution in [0.3, 0.4) is 0 Å². The normalized spacial score (nSPS) is 19.3. The first-order valence-corrected chi connectivity index (χ1v) is 7.79. The maximum Gasteiger partial charge on any atom is 0.121 e. The van der Waals surface area contributed by atoms with Crippen LogP contribution in [0.2, 0.25) is 0 Å². The molecule has 3 nitrogen and oxygen atoms in total. The topological polar surface area (TPSA) is 24.5 Å². The number of nitrogens with one attached hydrogen (secondary N) is 1. The van der Waals surface area contributed by atoms with Crippen molar-refractivity contribution in [2.24, 2.45) is 5.92 Å². The molecule has 1 aliphatic heterocycles. The van der Waals surface area contributed by atoms with E-state index in [1.165, 1.54) is 43.6 Å². The van der Waals surface area contributed by atoms with E-state index in [1.807, 2.05) is 0 Å². The predicted molar refractivity (Wildman–Crippen MR) is 84.3 cm³/mol. The van der Waals surface area contributed by atoms with Gasteiger partial charge in [0.05, 0.1) is 7.11 Å². The number of hydrogen-bond acceptors (Lipinski definition) is 3. The molecule has 1 fully saturated rings. The second-order valence-corrected chi connectivity index (χ2v) is 5.84. The summed E-state index contributed by atoms with van der Waals surface area (Å²) >= 11 is 0. The van der Waals surface area contributed by atoms with Crippen molar-refractivity contribution in [2.45, 2.75) is 33.2 Å². The molecule has 112 valence electrons. The molecule has 3 heteroatoms. The maximum absolute atomic E-state index is 5.33. The van der Waals surface area contributed by atoms with Gasteiger partial charge < -0.3 is 10.1 Å². The summed E-state index contributed by atoms with van der Waals surface area (Å²) in [5.41, 5.74) is 2.61. The van der Waals surface area contributed by atoms with E-state index in [4.69, 9.17) is 4.74 Å². The molecule has 1 N–H and O–H groups in total. The second kappa shape index (κ2) is 7.65. The van der Waals surface area contributed by atoms with Crippen LogP contribution in [0.4, 0.5) is 0 Å². The number of nitrogens with zero attached hydrogens (tertiary/aromatic N) is 1. The fraction of sp³-hybridized carbons (Fsp3) is 0.647. The van der Waals surface area contributed by atoms with Crippen LogP contribution in [0.25, 0.3) is 0 Å². The van der Waals surface area contributed by atoms with Crippen LogP contribution in [-0.4, -0.2) is 38.2 Å². The number of methoxy groups -OCH3 is 1. The minimum absolute atomic E-state index is 0.808. The Bertz CT molecular complexity index is 413. The van der Waals surface area contributed by atoms with Gasteiger partial charge in [-0.1, -0.05) is 19.1 Å². The van der Waals surface area contributed by atoms with Crippen molar-refractivity contribution in [1.29, 1.82) is 0 Å². The quantitative estimate of drug-likeness (QED) is 0.864. The molecule has 1 atom stereocenters. The molecule has 20 heavy (non-hydrogen) atoms. The fourth-order valence-electron chi connectivity index (χ4n) is 3.05. The van der Waals surface area contributed by atoms with Gasteiger partial charge >= 0.3 is 0 Å². The van der Waals surface area contributed by atoms with E-state index >= 15 is 0 Å². The van der Waals surface area contributed by atoms with Crippen LogP contribution in [-0.2, 0) is 6.54 Å². The van der Waals surface area contributed by atoms with Crippen molar-refractivity contribution in [2.75, 3.05) is 33.3 Å². The summed E-state index contributed by atoms with van der Waals surface area (Å²) in [6, 6.07) is 6.52. The van der Waals surface area contributed by atoms with E-state index in [2.05, 4.69) is 42.3 Å². The second-order valence-electron chi connectivity index (χ2n) is 5.84. The van der Waals surface area contributed by atoms with Crippen molar-refractivity contribution in [3.8, 4) is 5.75 Å². The monoisotopic (exact) mass is 276 g/mol. The van der Waals surface area contributed by atoms with E-state index in [0.29, 0.717) is 0 Å². The van der Waals surface area contributed by atoms with Gasteiger partial charge in [0.2, 0.25) is 0 Å². The molecule has 1 heterocycles. The molecular formula is C17H28N2O. The zero-order chi connectivity index (χ0) is 14.4. The molecule has 0 aliphatic carbocycles. The van der Waals surface area contributed by atoms with E-state index in [-0.39, 0.29) is 0 Å². The van der Waals surface area contributed by atoms with Crippen LogP contribution in [0.1, 0.15) is 30.9 Å². The Morgan fingerprint density at radius 3 is 2.85 bits per heavy atom. The molecular weight excluding hydrogens is 248 g/mol. The van der Waals surface area contributed by atoms with Gasteiger partial charge in [-0.25, -0.2) is 0 Å². The predicted octanol–water partition coefficient (Wildman–Crippen LogP) is 2.83. The lowest BCUT2D eigenvalue weighted by molar-refractivity contribution is 0.209. The smallest absolute Gasteiger partial charge is 0.121 e. The highest BCUT2D eigenvalue weighted by atomic mass is 16.5. The summed E-state index contributed by atoms with van der Waals surface area (Å²) in [7, 11) is 1.73. The molecule has 0 amide bonds. The van der Waals surface area contributed by atoms with Crippen LogP contribution in [0, 0.1) is 12.8 Å². The Hall–Kier alpha value is -1.06. The zero-order valence-corrected chi connectivity index (χ0v) is 13.1. The molecule has 0 spiro atoms. The van der Waals surface area contributed by atoms with Crippen molar-refractivity contribution in [1.82, 2.24) is 10.2 Å². The van der Waals surface area contributed by atoms with Crippen molar-refractivity contribution in [3.63, 3.8) is 0 Å². The molecule has 1 aromatic carbocycles. The average molecular weight is 276 g/mol. The summed E-state index contributed by atoms with van der Waals surface area (Å²) in [5.74, 6) is 1.79. The first-order valence-electron chi connectivity index (χ1n) is 7.79. The molecule has 1 unspecified atom stereocenters. The number of piperidine rings is 1. The molecule has 1 saturated heterocycles. The highest BCUT2D eigenvalue weighted by molar-refractivity contribution is 5.36. The standard InChI is InChI=1S/C17H28N2O/c1-4-19(13-16-6-5-9-18-11-16)12-15-7-8-17(20-3)14(2)10-15/h7-8,10,16,18H,4-6,9,11-13H2,1-3H3. The van der Waals surface area contributed by atoms with Gasteiger partial charge in [0.15, 0.2) is 0 Å². The van der Waals surface area contributed by atoms with Gasteiger partial charge in [0, 0.05) is 13.1 Å². The Balaban J connectivity index is 1.93. The summed E-state index contributed by atoms with van der Waals surface area (Å²) in [5, 5.41) is 3.51. The van der Waals surface area contributed by atoms with Crippen molar-refractivity contribution in [3.05, 3.63) is 29.3 Å². The molecule has 1 aromatic rings. The molecule has 0 bridgehead atoms. The van der Waals surface area contributed by atoms with Gasteiger partial charge in [-0.3, -0.25) is 4.90 Å². The third-order valence-corrected chi connectivity index (χ3v) is 4.23. The minimum Gasteiger partial charge on any atom is -0.496 e. The molecule has 1 aliphatic rings. The summed E-state index contributed by atoms with van der Waals surface area (Å²) in [4.78, 5) is 2.55. The lowest BCUT2D eigenvalue weighted by Gasteiger charge is -2.29. The average Bonchev–Trinajstić information content (AvgIpc) is 2.48. The van der Waals surface area contributed by atoms with Gasteiger partial charge in [-0.05, 0) is 62.5 Å². The maximum atomic E-state index is 5.33. The van der Waals surface area contributed by atoms with E-state index < -0.39 is 0 Å². The Labute approximate surface area is 123 Å². The molecule has 0 aromatic heterocycles. The van der Waals surface area contributed by atoms with Gasteiger partial charge in [-0.15, -0.1) is 0 Å². The van der Waals surface area contributed by atoms with Gasteiger partial charge in [0.1, 0.15) is 5.75 Å². The summed E-state index contributed by atoms with van der Waals surface area (Å²) in [6.45, 7) is 10.1. The van der Waals surface area contributed by atoms with E-state index in [0.717, 1.165) is 24.8 Å². The first-order chi connectivity index (χ1) is 9.72. The number of ether oxygens (including phenoxy) is 1. The number of aryl methyl sites for hydroxylation is 1. The van der Waals surface area contributed by atoms with E-state index in [9.17, 15) is 0 Å². The van der Waals surface area contributed by atoms with Crippen LogP contribution in [0.5, 0.6) is 5.75 Å². The third kappa shape index (κ3) is 4.22. The SMILES string of the molecule is CCN(Cc1ccc(OC)c(C)c1)CC1CCCNC1. The molecule has 0 radical (unpaired) electrons. The van der Waals surface area contributed by atoms with Crippen molar-refractivity contribution < 1.29 is 4.74 Å². The molecule has 0 saturated carbocycles. The Kier molecular flexibility index (Phi) is 5.86. The molecule has 2 rings (SSSR count). The summed E-state index contributed by atoms with van der Waals surface area (Å²) < 4.78 is 5.33. The number of rotatable bonds is 6. The third-order valence-electron chi connectivity index (χ3n) is 4.23. The lowest BCUT2D eigenvalue weighted by Crippen LogP contribution is -2.38. The lowest BCUT2D eigenvalue weighted by atomic mass is 9.99. The van der Waals surface area contributed by atoms with Crippen LogP contribution < -0.4 is 10.1 Å². The Morgan fingerprint density at radius 1 is 1.40 bits per heavy atom. The number of hydrogen-bond donors (Lipinski definition) is 1. The van der Waals surface area contributed by atoms with Crippen molar-refractivity contribution >= 4 is 0 Å². The van der Waals surface area contributed by atoms with Gasteiger partial charge in [0.25, 0.3) is 0 Å². The van der Waals surface area contributed by atoms with Crippen LogP contribution in [0.15, 0.2) is 18.2 Å². The fourth-order valence-corrected chi connectivity index (χ4v) is 3.05. The van der Waals surface area contributed by atoms with Crippen LogP contribution >= 0.6 is 0 Å². The minimum atomic E-state index is 0.808. The number of benzene rings is 1. The zero-order valence-electron chi connectivity index (χ0n) is 13.1. The largest absolute Gasteiger partial charge is 0.496 e. The highest BCUT2D eigenvalue weighted by Gasteiger charge is 2.16. The summed E-state index contributed by atoms with van der Waals surface area (Å²) in [6.07, 6.45) is 2.69. The highest BCUT2D eigenvalue weighted by Crippen LogP contribution is 2.20. The Morgan fingerprint density at radius 2 is 2.25 bits per heavy atom.